The Morgan fingerprint density at radius 1 is 1.62 bits per heavy atom. The summed E-state index contributed by atoms with van der Waals surface area (Å²) in [7, 11) is 0. The van der Waals surface area contributed by atoms with Gasteiger partial charge in [-0.2, -0.15) is 0 Å². The average Bonchev–Trinajstić information content (AvgIpc) is 2.05. The first-order valence-electron chi connectivity index (χ1n) is 4.70. The molecule has 4 N–H and O–H groups in total. The lowest BCUT2D eigenvalue weighted by Crippen LogP contribution is -2.46. The molecular formula is C9H20N2O2. The molecule has 0 saturated carbocycles. The molecule has 0 saturated heterocycles. The van der Waals surface area contributed by atoms with E-state index in [1.54, 1.807) is 0 Å². The van der Waals surface area contributed by atoms with Gasteiger partial charge in [0.15, 0.2) is 0 Å². The highest BCUT2D eigenvalue weighted by molar-refractivity contribution is 5.76. The van der Waals surface area contributed by atoms with Crippen LogP contribution in [0, 0.1) is 0 Å². The standard InChI is InChI=1S/C9H20N2O2/c1-3-9(2,5-7-12)11-8(13)4-6-10/h12H,3-7,10H2,1-2H3,(H,11,13). The minimum absolute atomic E-state index is 0.0414. The normalized spacial score (nSPS) is 15.1. The van der Waals surface area contributed by atoms with E-state index in [4.69, 9.17) is 10.8 Å². The molecule has 4 nitrogen and oxygen atoms in total. The zero-order valence-corrected chi connectivity index (χ0v) is 8.47. The second-order valence-electron chi connectivity index (χ2n) is 3.47. The van der Waals surface area contributed by atoms with Crippen molar-refractivity contribution in [3.05, 3.63) is 0 Å². The zero-order chi connectivity index (χ0) is 10.3. The third-order valence-electron chi connectivity index (χ3n) is 2.26. The van der Waals surface area contributed by atoms with Crippen LogP contribution in [-0.4, -0.2) is 29.7 Å². The molecule has 0 radical (unpaired) electrons. The van der Waals surface area contributed by atoms with Gasteiger partial charge in [-0.25, -0.2) is 0 Å². The average molecular weight is 188 g/mol. The number of carbonyl (C=O) groups excluding carboxylic acids is 1. The first-order chi connectivity index (χ1) is 6.08. The van der Waals surface area contributed by atoms with Crippen molar-refractivity contribution >= 4 is 5.91 Å². The zero-order valence-electron chi connectivity index (χ0n) is 8.47. The molecule has 0 rings (SSSR count). The molecule has 1 atom stereocenters. The number of nitrogens with one attached hydrogen (secondary N) is 1. The smallest absolute Gasteiger partial charge is 0.221 e. The number of hydrogen-bond acceptors (Lipinski definition) is 3. The molecule has 0 fully saturated rings. The summed E-state index contributed by atoms with van der Waals surface area (Å²) < 4.78 is 0. The lowest BCUT2D eigenvalue weighted by atomic mass is 9.95. The molecule has 0 aromatic heterocycles. The van der Waals surface area contributed by atoms with E-state index in [1.807, 2.05) is 13.8 Å². The molecule has 1 unspecified atom stereocenters. The summed E-state index contributed by atoms with van der Waals surface area (Å²) in [5.74, 6) is -0.0414. The van der Waals surface area contributed by atoms with Gasteiger partial charge in [0.2, 0.25) is 5.91 Å². The highest BCUT2D eigenvalue weighted by Crippen LogP contribution is 2.13. The monoisotopic (exact) mass is 188 g/mol. The van der Waals surface area contributed by atoms with Crippen molar-refractivity contribution in [2.45, 2.75) is 38.6 Å². The van der Waals surface area contributed by atoms with Gasteiger partial charge < -0.3 is 16.2 Å². The second-order valence-corrected chi connectivity index (χ2v) is 3.47. The Morgan fingerprint density at radius 3 is 2.62 bits per heavy atom. The third kappa shape index (κ3) is 4.85. The molecule has 4 heteroatoms. The Balaban J connectivity index is 4.02. The van der Waals surface area contributed by atoms with Crippen LogP contribution < -0.4 is 11.1 Å². The number of carbonyl (C=O) groups is 1. The Kier molecular flexibility index (Phi) is 5.66. The Bertz CT molecular complexity index is 162. The van der Waals surface area contributed by atoms with Crippen LogP contribution in [-0.2, 0) is 4.79 Å². The Labute approximate surface area is 79.5 Å². The number of hydrogen-bond donors (Lipinski definition) is 3. The molecule has 0 spiro atoms. The third-order valence-corrected chi connectivity index (χ3v) is 2.26. The van der Waals surface area contributed by atoms with Gasteiger partial charge in [-0.05, 0) is 19.8 Å². The van der Waals surface area contributed by atoms with E-state index in [9.17, 15) is 4.79 Å². The first-order valence-corrected chi connectivity index (χ1v) is 4.70. The van der Waals surface area contributed by atoms with Crippen LogP contribution in [0.25, 0.3) is 0 Å². The van der Waals surface area contributed by atoms with Crippen molar-refractivity contribution in [2.24, 2.45) is 5.73 Å². The molecule has 0 heterocycles. The van der Waals surface area contributed by atoms with Crippen molar-refractivity contribution in [1.29, 1.82) is 0 Å². The highest BCUT2D eigenvalue weighted by atomic mass is 16.3. The number of nitrogens with two attached hydrogens (primary N) is 1. The van der Waals surface area contributed by atoms with Gasteiger partial charge in [-0.1, -0.05) is 6.92 Å². The summed E-state index contributed by atoms with van der Waals surface area (Å²) >= 11 is 0. The second kappa shape index (κ2) is 5.94. The summed E-state index contributed by atoms with van der Waals surface area (Å²) in [5.41, 5.74) is 4.96. The summed E-state index contributed by atoms with van der Waals surface area (Å²) in [6.45, 7) is 4.37. The first kappa shape index (κ1) is 12.4. The van der Waals surface area contributed by atoms with Crippen molar-refractivity contribution in [3.8, 4) is 0 Å². The molecule has 78 valence electrons. The summed E-state index contributed by atoms with van der Waals surface area (Å²) in [6, 6.07) is 0. The number of rotatable bonds is 6. The number of aliphatic hydroxyl groups excluding tert-OH is 1. The topological polar surface area (TPSA) is 75.3 Å². The molecule has 0 bridgehead atoms. The summed E-state index contributed by atoms with van der Waals surface area (Å²) in [4.78, 5) is 11.2. The fourth-order valence-corrected chi connectivity index (χ4v) is 1.10. The van der Waals surface area contributed by atoms with E-state index in [0.29, 0.717) is 19.4 Å². The largest absolute Gasteiger partial charge is 0.396 e. The van der Waals surface area contributed by atoms with Crippen molar-refractivity contribution in [2.75, 3.05) is 13.2 Å². The molecule has 0 aliphatic rings. The molecule has 0 aliphatic carbocycles. The highest BCUT2D eigenvalue weighted by Gasteiger charge is 2.22. The van der Waals surface area contributed by atoms with E-state index >= 15 is 0 Å². The lowest BCUT2D eigenvalue weighted by Gasteiger charge is -2.28. The number of aliphatic hydroxyl groups is 1. The fraction of sp³-hybridized carbons (Fsp3) is 0.889. The van der Waals surface area contributed by atoms with Gasteiger partial charge in [0.05, 0.1) is 0 Å². The molecule has 13 heavy (non-hydrogen) atoms. The van der Waals surface area contributed by atoms with E-state index in [1.165, 1.54) is 0 Å². The van der Waals surface area contributed by atoms with Gasteiger partial charge in [-0.3, -0.25) is 4.79 Å². The van der Waals surface area contributed by atoms with Crippen molar-refractivity contribution < 1.29 is 9.90 Å². The van der Waals surface area contributed by atoms with Crippen LogP contribution in [0.15, 0.2) is 0 Å². The van der Waals surface area contributed by atoms with Gasteiger partial charge in [0.25, 0.3) is 0 Å². The van der Waals surface area contributed by atoms with Crippen molar-refractivity contribution in [3.63, 3.8) is 0 Å². The van der Waals surface area contributed by atoms with Crippen LogP contribution in [0.5, 0.6) is 0 Å². The maximum Gasteiger partial charge on any atom is 0.221 e. The van der Waals surface area contributed by atoms with E-state index in [-0.39, 0.29) is 18.1 Å². The summed E-state index contributed by atoms with van der Waals surface area (Å²) in [5, 5.41) is 11.7. The predicted molar refractivity (Wildman–Crippen MR) is 52.2 cm³/mol. The van der Waals surface area contributed by atoms with Crippen LogP contribution in [0.3, 0.4) is 0 Å². The predicted octanol–water partition coefficient (Wildman–Crippen LogP) is 0.00250. The fourth-order valence-electron chi connectivity index (χ4n) is 1.10. The SMILES string of the molecule is CCC(C)(CCO)NC(=O)CCN. The Hall–Kier alpha value is -0.610. The molecule has 0 aliphatic heterocycles. The van der Waals surface area contributed by atoms with E-state index in [0.717, 1.165) is 6.42 Å². The van der Waals surface area contributed by atoms with Crippen LogP contribution in [0.1, 0.15) is 33.1 Å². The molecular weight excluding hydrogens is 168 g/mol. The van der Waals surface area contributed by atoms with Crippen LogP contribution in [0.4, 0.5) is 0 Å². The van der Waals surface area contributed by atoms with Crippen LogP contribution >= 0.6 is 0 Å². The van der Waals surface area contributed by atoms with Crippen molar-refractivity contribution in [1.82, 2.24) is 5.32 Å². The maximum atomic E-state index is 11.2. The quantitative estimate of drug-likeness (QED) is 0.549. The Morgan fingerprint density at radius 2 is 2.23 bits per heavy atom. The van der Waals surface area contributed by atoms with Gasteiger partial charge in [0, 0.05) is 25.1 Å². The molecule has 0 aromatic rings. The minimum atomic E-state index is -0.291. The van der Waals surface area contributed by atoms with Gasteiger partial charge in [0.1, 0.15) is 0 Å². The van der Waals surface area contributed by atoms with E-state index < -0.39 is 0 Å². The maximum absolute atomic E-state index is 11.2. The molecule has 1 amide bonds. The van der Waals surface area contributed by atoms with Gasteiger partial charge >= 0.3 is 0 Å². The lowest BCUT2D eigenvalue weighted by molar-refractivity contribution is -0.122. The summed E-state index contributed by atoms with van der Waals surface area (Å²) in [6.07, 6.45) is 1.74. The van der Waals surface area contributed by atoms with E-state index in [2.05, 4.69) is 5.32 Å². The minimum Gasteiger partial charge on any atom is -0.396 e. The molecule has 0 aromatic carbocycles. The van der Waals surface area contributed by atoms with Gasteiger partial charge in [-0.15, -0.1) is 0 Å². The number of amides is 1. The van der Waals surface area contributed by atoms with Crippen LogP contribution in [0.2, 0.25) is 0 Å².